The lowest BCUT2D eigenvalue weighted by Crippen LogP contribution is -2.29. The van der Waals surface area contributed by atoms with Crippen LogP contribution in [-0.4, -0.2) is 18.4 Å². The lowest BCUT2D eigenvalue weighted by atomic mass is 9.91. The Morgan fingerprint density at radius 3 is 2.58 bits per heavy atom. The van der Waals surface area contributed by atoms with Crippen LogP contribution in [0.4, 0.5) is 11.4 Å². The molecule has 1 fully saturated rings. The van der Waals surface area contributed by atoms with Gasteiger partial charge in [0.05, 0.1) is 12.4 Å². The van der Waals surface area contributed by atoms with E-state index in [0.29, 0.717) is 23.9 Å². The summed E-state index contributed by atoms with van der Waals surface area (Å²) in [5.74, 6) is 0.205. The van der Waals surface area contributed by atoms with E-state index < -0.39 is 5.60 Å². The third-order valence-electron chi connectivity index (χ3n) is 5.18. The van der Waals surface area contributed by atoms with Crippen LogP contribution in [0.15, 0.2) is 65.6 Å². The molecule has 1 saturated heterocycles. The fourth-order valence-corrected chi connectivity index (χ4v) is 4.32. The number of para-hydroxylation sites is 1. The molecule has 5 heteroatoms. The van der Waals surface area contributed by atoms with Crippen molar-refractivity contribution in [3.8, 4) is 16.9 Å². The molecular formula is C21H18N2O2S. The van der Waals surface area contributed by atoms with Gasteiger partial charge in [-0.3, -0.25) is 5.32 Å². The van der Waals surface area contributed by atoms with Gasteiger partial charge >= 0.3 is 0 Å². The molecule has 0 aromatic heterocycles. The Hall–Kier alpha value is -2.47. The Morgan fingerprint density at radius 1 is 1.04 bits per heavy atom. The third kappa shape index (κ3) is 2.11. The van der Waals surface area contributed by atoms with Gasteiger partial charge in [-0.2, -0.15) is 0 Å². The smallest absolute Gasteiger partial charge is 0.148 e. The maximum Gasteiger partial charge on any atom is 0.148 e. The Morgan fingerprint density at radius 2 is 1.81 bits per heavy atom. The molecule has 5 rings (SSSR count). The highest BCUT2D eigenvalue weighted by atomic mass is 32.1. The number of nitrogens with one attached hydrogen (secondary N) is 2. The van der Waals surface area contributed by atoms with Gasteiger partial charge in [-0.1, -0.05) is 42.5 Å². The molecule has 3 aromatic rings. The van der Waals surface area contributed by atoms with Crippen molar-refractivity contribution < 1.29 is 9.84 Å². The zero-order valence-corrected chi connectivity index (χ0v) is 14.9. The minimum Gasteiger partial charge on any atom is -0.505 e. The number of aromatic hydroxyl groups is 1. The van der Waals surface area contributed by atoms with Crippen LogP contribution >= 0.6 is 12.6 Å². The van der Waals surface area contributed by atoms with E-state index in [4.69, 9.17) is 4.74 Å². The Labute approximate surface area is 157 Å². The SMILES string of the molecule is Oc1c(Nc2ccccc2)c(S)cc2c1-c1ccccc1C21CNCO1. The zero-order valence-electron chi connectivity index (χ0n) is 14.0. The van der Waals surface area contributed by atoms with Crippen molar-refractivity contribution in [3.63, 3.8) is 0 Å². The van der Waals surface area contributed by atoms with Crippen LogP contribution < -0.4 is 10.6 Å². The normalized spacial score (nSPS) is 20.2. The van der Waals surface area contributed by atoms with Crippen LogP contribution in [0.1, 0.15) is 11.1 Å². The lowest BCUT2D eigenvalue weighted by molar-refractivity contribution is 0.0454. The molecule has 26 heavy (non-hydrogen) atoms. The van der Waals surface area contributed by atoms with E-state index in [0.717, 1.165) is 27.9 Å². The van der Waals surface area contributed by atoms with E-state index >= 15 is 0 Å². The molecule has 0 radical (unpaired) electrons. The van der Waals surface area contributed by atoms with E-state index in [-0.39, 0.29) is 5.75 Å². The predicted octanol–water partition coefficient (Wildman–Crippen LogP) is 4.23. The molecule has 1 spiro atoms. The van der Waals surface area contributed by atoms with Crippen molar-refractivity contribution in [3.05, 3.63) is 71.8 Å². The number of hydrogen-bond donors (Lipinski definition) is 4. The Kier molecular flexibility index (Phi) is 3.50. The second-order valence-corrected chi connectivity index (χ2v) is 7.10. The standard InChI is InChI=1S/C21H18N2O2S/c24-20-18-14-8-4-5-9-15(14)21(11-22-12-25-21)16(18)10-17(26)19(20)23-13-6-2-1-3-7-13/h1-10,22-24,26H,11-12H2. The lowest BCUT2D eigenvalue weighted by Gasteiger charge is -2.25. The van der Waals surface area contributed by atoms with E-state index in [9.17, 15) is 5.11 Å². The van der Waals surface area contributed by atoms with Crippen molar-refractivity contribution in [1.29, 1.82) is 0 Å². The second-order valence-electron chi connectivity index (χ2n) is 6.62. The van der Waals surface area contributed by atoms with Gasteiger partial charge in [-0.25, -0.2) is 0 Å². The number of thiol groups is 1. The summed E-state index contributed by atoms with van der Waals surface area (Å²) in [6.45, 7) is 1.16. The number of rotatable bonds is 2. The first-order valence-corrected chi connectivity index (χ1v) is 9.01. The van der Waals surface area contributed by atoms with Gasteiger partial charge in [0, 0.05) is 28.3 Å². The van der Waals surface area contributed by atoms with Crippen molar-refractivity contribution >= 4 is 24.0 Å². The molecular weight excluding hydrogens is 344 g/mol. The van der Waals surface area contributed by atoms with E-state index in [1.54, 1.807) is 0 Å². The first-order chi connectivity index (χ1) is 12.7. The van der Waals surface area contributed by atoms with E-state index in [2.05, 4.69) is 29.3 Å². The van der Waals surface area contributed by atoms with Crippen molar-refractivity contribution in [2.45, 2.75) is 10.5 Å². The highest BCUT2D eigenvalue weighted by Crippen LogP contribution is 2.56. The zero-order chi connectivity index (χ0) is 17.7. The number of hydrogen-bond acceptors (Lipinski definition) is 5. The summed E-state index contributed by atoms with van der Waals surface area (Å²) in [6, 6.07) is 19.9. The number of anilines is 2. The van der Waals surface area contributed by atoms with Gasteiger partial charge in [-0.05, 0) is 29.3 Å². The largest absolute Gasteiger partial charge is 0.505 e. The molecule has 4 nitrogen and oxygen atoms in total. The van der Waals surface area contributed by atoms with Crippen LogP contribution in [0, 0.1) is 0 Å². The molecule has 2 aliphatic rings. The molecule has 1 aliphatic carbocycles. The second kappa shape index (κ2) is 5.77. The molecule has 3 aromatic carbocycles. The molecule has 1 unspecified atom stereocenters. The fraction of sp³-hybridized carbons (Fsp3) is 0.143. The summed E-state index contributed by atoms with van der Waals surface area (Å²) in [5, 5.41) is 17.7. The number of ether oxygens (including phenoxy) is 1. The van der Waals surface area contributed by atoms with Crippen molar-refractivity contribution in [2.24, 2.45) is 0 Å². The maximum absolute atomic E-state index is 11.2. The molecule has 0 saturated carbocycles. The molecule has 1 heterocycles. The quantitative estimate of drug-likeness (QED) is 0.407. The highest BCUT2D eigenvalue weighted by molar-refractivity contribution is 7.80. The van der Waals surface area contributed by atoms with Crippen LogP contribution in [0.3, 0.4) is 0 Å². The fourth-order valence-electron chi connectivity index (χ4n) is 4.03. The van der Waals surface area contributed by atoms with E-state index in [1.165, 1.54) is 0 Å². The number of phenols is 1. The first kappa shape index (κ1) is 15.8. The first-order valence-electron chi connectivity index (χ1n) is 8.57. The summed E-state index contributed by atoms with van der Waals surface area (Å²) in [6.07, 6.45) is 0. The van der Waals surface area contributed by atoms with Gasteiger partial charge in [0.25, 0.3) is 0 Å². The van der Waals surface area contributed by atoms with Gasteiger partial charge in [0.2, 0.25) is 0 Å². The highest BCUT2D eigenvalue weighted by Gasteiger charge is 2.48. The van der Waals surface area contributed by atoms with Gasteiger partial charge in [-0.15, -0.1) is 12.6 Å². The maximum atomic E-state index is 11.2. The van der Waals surface area contributed by atoms with Crippen LogP contribution in [0.2, 0.25) is 0 Å². The minimum absolute atomic E-state index is 0.205. The number of phenolic OH excluding ortho intramolecular Hbond substituents is 1. The summed E-state index contributed by atoms with van der Waals surface area (Å²) in [4.78, 5) is 0.688. The molecule has 1 aliphatic heterocycles. The van der Waals surface area contributed by atoms with Crippen molar-refractivity contribution in [1.82, 2.24) is 5.32 Å². The summed E-state index contributed by atoms with van der Waals surface area (Å²) < 4.78 is 6.15. The minimum atomic E-state index is -0.563. The average molecular weight is 362 g/mol. The Bertz CT molecular complexity index is 998. The number of benzene rings is 3. The van der Waals surface area contributed by atoms with E-state index in [1.807, 2.05) is 54.6 Å². The molecule has 130 valence electrons. The monoisotopic (exact) mass is 362 g/mol. The topological polar surface area (TPSA) is 53.5 Å². The van der Waals surface area contributed by atoms with Crippen LogP contribution in [-0.2, 0) is 10.3 Å². The molecule has 0 amide bonds. The summed E-state index contributed by atoms with van der Waals surface area (Å²) >= 11 is 4.65. The summed E-state index contributed by atoms with van der Waals surface area (Å²) in [5.41, 5.74) is 4.82. The van der Waals surface area contributed by atoms with Crippen LogP contribution in [0.5, 0.6) is 5.75 Å². The Balaban J connectivity index is 1.73. The predicted molar refractivity (Wildman–Crippen MR) is 105 cm³/mol. The van der Waals surface area contributed by atoms with Crippen molar-refractivity contribution in [2.75, 3.05) is 18.6 Å². The molecule has 0 bridgehead atoms. The van der Waals surface area contributed by atoms with Crippen LogP contribution in [0.25, 0.3) is 11.1 Å². The average Bonchev–Trinajstić information content (AvgIpc) is 3.26. The summed E-state index contributed by atoms with van der Waals surface area (Å²) in [7, 11) is 0. The van der Waals surface area contributed by atoms with Gasteiger partial charge in [0.1, 0.15) is 11.4 Å². The van der Waals surface area contributed by atoms with Gasteiger partial charge < -0.3 is 15.2 Å². The number of fused-ring (bicyclic) bond motifs is 5. The molecule has 1 atom stereocenters. The van der Waals surface area contributed by atoms with Gasteiger partial charge in [0.15, 0.2) is 0 Å². The molecule has 3 N–H and O–H groups in total. The third-order valence-corrected chi connectivity index (χ3v) is 5.54.